The van der Waals surface area contributed by atoms with Crippen LogP contribution in [0, 0.1) is 0 Å². The maximum Gasteiger partial charge on any atom is 0.253 e. The summed E-state index contributed by atoms with van der Waals surface area (Å²) >= 11 is 0. The first-order valence-corrected chi connectivity index (χ1v) is 9.86. The highest BCUT2D eigenvalue weighted by Gasteiger charge is 2.38. The molecular weight excluding hydrogens is 328 g/mol. The third-order valence-electron chi connectivity index (χ3n) is 5.63. The van der Waals surface area contributed by atoms with Crippen LogP contribution in [0.5, 0.6) is 0 Å². The zero-order valence-electron chi connectivity index (χ0n) is 16.0. The fourth-order valence-electron chi connectivity index (χ4n) is 3.99. The maximum absolute atomic E-state index is 12.8. The quantitative estimate of drug-likeness (QED) is 0.844. The average molecular weight is 360 g/mol. The van der Waals surface area contributed by atoms with Crippen molar-refractivity contribution in [2.75, 3.05) is 26.2 Å². The number of aliphatic hydroxyl groups is 2. The van der Waals surface area contributed by atoms with Crippen molar-refractivity contribution in [3.63, 3.8) is 0 Å². The van der Waals surface area contributed by atoms with E-state index in [1.165, 1.54) is 19.3 Å². The molecule has 5 nitrogen and oxygen atoms in total. The molecule has 0 aliphatic carbocycles. The van der Waals surface area contributed by atoms with Crippen LogP contribution < -0.4 is 0 Å². The van der Waals surface area contributed by atoms with Gasteiger partial charge < -0.3 is 15.1 Å². The van der Waals surface area contributed by atoms with E-state index in [2.05, 4.69) is 4.90 Å². The molecule has 0 spiro atoms. The zero-order chi connectivity index (χ0) is 18.7. The van der Waals surface area contributed by atoms with E-state index in [4.69, 9.17) is 0 Å². The van der Waals surface area contributed by atoms with E-state index in [1.54, 1.807) is 4.90 Å². The second kappa shape index (κ2) is 8.07. The molecule has 1 amide bonds. The summed E-state index contributed by atoms with van der Waals surface area (Å²) in [6.45, 7) is 6.70. The lowest BCUT2D eigenvalue weighted by Crippen LogP contribution is -2.46. The molecule has 0 radical (unpaired) electrons. The number of aryl methyl sites for hydroxylation is 1. The molecule has 2 aliphatic heterocycles. The Morgan fingerprint density at radius 1 is 1.12 bits per heavy atom. The van der Waals surface area contributed by atoms with Crippen LogP contribution in [0.1, 0.15) is 55.5 Å². The Morgan fingerprint density at radius 2 is 1.77 bits per heavy atom. The minimum absolute atomic E-state index is 0.00222. The van der Waals surface area contributed by atoms with Gasteiger partial charge in [0.15, 0.2) is 0 Å². The molecule has 2 fully saturated rings. The highest BCUT2D eigenvalue weighted by atomic mass is 16.3. The highest BCUT2D eigenvalue weighted by Crippen LogP contribution is 2.22. The normalized spacial score (nSPS) is 24.8. The molecule has 2 saturated heterocycles. The minimum Gasteiger partial charge on any atom is -0.390 e. The average Bonchev–Trinajstić information content (AvgIpc) is 3.02. The van der Waals surface area contributed by atoms with E-state index in [9.17, 15) is 15.0 Å². The third-order valence-corrected chi connectivity index (χ3v) is 5.63. The number of likely N-dealkylation sites (tertiary alicyclic amines) is 2. The van der Waals surface area contributed by atoms with Crippen LogP contribution in [0.3, 0.4) is 0 Å². The zero-order valence-corrected chi connectivity index (χ0v) is 16.0. The Kier molecular flexibility index (Phi) is 6.00. The van der Waals surface area contributed by atoms with E-state index in [0.29, 0.717) is 25.1 Å². The SMILES string of the molecule is CC(C)(O)CCc1ccc(C(=O)N2CC(O)C(N3CCCCC3)C2)cc1. The van der Waals surface area contributed by atoms with Crippen molar-refractivity contribution >= 4 is 5.91 Å². The van der Waals surface area contributed by atoms with Gasteiger partial charge in [0.2, 0.25) is 0 Å². The van der Waals surface area contributed by atoms with Crippen LogP contribution in [0.2, 0.25) is 0 Å². The van der Waals surface area contributed by atoms with E-state index < -0.39 is 11.7 Å². The van der Waals surface area contributed by atoms with E-state index in [-0.39, 0.29) is 11.9 Å². The monoisotopic (exact) mass is 360 g/mol. The van der Waals surface area contributed by atoms with E-state index in [1.807, 2.05) is 38.1 Å². The Bertz CT molecular complexity index is 603. The van der Waals surface area contributed by atoms with Crippen LogP contribution >= 0.6 is 0 Å². The first-order valence-electron chi connectivity index (χ1n) is 9.86. The lowest BCUT2D eigenvalue weighted by molar-refractivity contribution is 0.0702. The van der Waals surface area contributed by atoms with Crippen molar-refractivity contribution in [3.8, 4) is 0 Å². The molecule has 1 aromatic rings. The van der Waals surface area contributed by atoms with Crippen LogP contribution in [-0.4, -0.2) is 69.8 Å². The minimum atomic E-state index is -0.677. The summed E-state index contributed by atoms with van der Waals surface area (Å²) in [5, 5.41) is 20.3. The number of benzene rings is 1. The standard InChI is InChI=1S/C21H32N2O3/c1-21(2,26)11-10-16-6-8-17(9-7-16)20(25)23-14-18(19(24)15-23)22-12-4-3-5-13-22/h6-9,18-19,24,26H,3-5,10-15H2,1-2H3. The summed E-state index contributed by atoms with van der Waals surface area (Å²) in [5.74, 6) is -0.00222. The maximum atomic E-state index is 12.8. The molecule has 0 saturated carbocycles. The van der Waals surface area contributed by atoms with Gasteiger partial charge in [0, 0.05) is 18.7 Å². The fourth-order valence-corrected chi connectivity index (χ4v) is 3.99. The van der Waals surface area contributed by atoms with Crippen LogP contribution in [0.4, 0.5) is 0 Å². The number of amides is 1. The van der Waals surface area contributed by atoms with Gasteiger partial charge in [0.05, 0.1) is 17.7 Å². The number of hydrogen-bond donors (Lipinski definition) is 2. The van der Waals surface area contributed by atoms with E-state index in [0.717, 1.165) is 25.1 Å². The van der Waals surface area contributed by atoms with Gasteiger partial charge in [-0.05, 0) is 70.3 Å². The summed E-state index contributed by atoms with van der Waals surface area (Å²) in [6, 6.07) is 7.73. The van der Waals surface area contributed by atoms with Gasteiger partial charge in [-0.15, -0.1) is 0 Å². The number of carbonyl (C=O) groups is 1. The predicted molar refractivity (Wildman–Crippen MR) is 102 cm³/mol. The summed E-state index contributed by atoms with van der Waals surface area (Å²) in [6.07, 6.45) is 4.66. The molecule has 144 valence electrons. The molecule has 0 bridgehead atoms. The van der Waals surface area contributed by atoms with Gasteiger partial charge in [-0.2, -0.15) is 0 Å². The molecule has 3 rings (SSSR count). The molecule has 2 atom stereocenters. The van der Waals surface area contributed by atoms with Crippen molar-refractivity contribution < 1.29 is 15.0 Å². The third kappa shape index (κ3) is 4.84. The largest absolute Gasteiger partial charge is 0.390 e. The molecule has 2 unspecified atom stereocenters. The second-order valence-electron chi connectivity index (χ2n) is 8.45. The van der Waals surface area contributed by atoms with Crippen molar-refractivity contribution in [2.45, 2.75) is 63.7 Å². The fraction of sp³-hybridized carbons (Fsp3) is 0.667. The molecule has 0 aromatic heterocycles. The van der Waals surface area contributed by atoms with Crippen molar-refractivity contribution in [3.05, 3.63) is 35.4 Å². The number of hydrogen-bond acceptors (Lipinski definition) is 4. The number of β-amino-alcohol motifs (C(OH)–C–C–N with tert-alkyl or cyclic N) is 1. The Balaban J connectivity index is 1.58. The number of carbonyl (C=O) groups excluding carboxylic acids is 1. The summed E-state index contributed by atoms with van der Waals surface area (Å²) < 4.78 is 0. The molecule has 2 heterocycles. The Labute approximate surface area is 156 Å². The molecule has 2 aliphatic rings. The van der Waals surface area contributed by atoms with E-state index >= 15 is 0 Å². The Morgan fingerprint density at radius 3 is 2.38 bits per heavy atom. The van der Waals surface area contributed by atoms with Crippen molar-refractivity contribution in [1.82, 2.24) is 9.80 Å². The topological polar surface area (TPSA) is 64.0 Å². The highest BCUT2D eigenvalue weighted by molar-refractivity contribution is 5.94. The van der Waals surface area contributed by atoms with Crippen LogP contribution in [0.15, 0.2) is 24.3 Å². The number of aliphatic hydroxyl groups excluding tert-OH is 1. The Hall–Kier alpha value is -1.43. The van der Waals surface area contributed by atoms with Gasteiger partial charge in [-0.25, -0.2) is 0 Å². The number of rotatable bonds is 5. The lowest BCUT2D eigenvalue weighted by Gasteiger charge is -2.33. The van der Waals surface area contributed by atoms with Gasteiger partial charge in [-0.3, -0.25) is 9.69 Å². The molecule has 2 N–H and O–H groups in total. The molecule has 1 aromatic carbocycles. The van der Waals surface area contributed by atoms with Crippen molar-refractivity contribution in [1.29, 1.82) is 0 Å². The predicted octanol–water partition coefficient (Wildman–Crippen LogP) is 2.06. The molecular formula is C21H32N2O3. The van der Waals surface area contributed by atoms with Crippen molar-refractivity contribution in [2.24, 2.45) is 0 Å². The van der Waals surface area contributed by atoms with Gasteiger partial charge in [-0.1, -0.05) is 18.6 Å². The van der Waals surface area contributed by atoms with Crippen LogP contribution in [0.25, 0.3) is 0 Å². The number of piperidine rings is 1. The smallest absolute Gasteiger partial charge is 0.253 e. The lowest BCUT2D eigenvalue weighted by atomic mass is 9.98. The summed E-state index contributed by atoms with van der Waals surface area (Å²) in [7, 11) is 0. The first kappa shape index (κ1) is 19.3. The van der Waals surface area contributed by atoms with Crippen LogP contribution in [-0.2, 0) is 6.42 Å². The number of nitrogens with zero attached hydrogens (tertiary/aromatic N) is 2. The first-order chi connectivity index (χ1) is 12.3. The van der Waals surface area contributed by atoms with Gasteiger partial charge >= 0.3 is 0 Å². The molecule has 5 heteroatoms. The molecule has 26 heavy (non-hydrogen) atoms. The second-order valence-corrected chi connectivity index (χ2v) is 8.45. The van der Waals surface area contributed by atoms with Gasteiger partial charge in [0.25, 0.3) is 5.91 Å². The van der Waals surface area contributed by atoms with Gasteiger partial charge in [0.1, 0.15) is 0 Å². The summed E-state index contributed by atoms with van der Waals surface area (Å²) in [4.78, 5) is 16.9. The summed E-state index contributed by atoms with van der Waals surface area (Å²) in [5.41, 5.74) is 1.11.